The van der Waals surface area contributed by atoms with Crippen molar-refractivity contribution in [2.75, 3.05) is 6.54 Å². The average molecular weight is 386 g/mol. The second-order valence-electron chi connectivity index (χ2n) is 5.30. The molecule has 122 valence electrons. The number of benzene rings is 1. The number of amides is 1. The maximum atomic E-state index is 12.2. The van der Waals surface area contributed by atoms with Crippen molar-refractivity contribution in [2.45, 2.75) is 13.3 Å². The van der Waals surface area contributed by atoms with Gasteiger partial charge in [0.15, 0.2) is 0 Å². The molecule has 24 heavy (non-hydrogen) atoms. The van der Waals surface area contributed by atoms with Gasteiger partial charge in [0, 0.05) is 41.7 Å². The van der Waals surface area contributed by atoms with Gasteiger partial charge in [-0.2, -0.15) is 0 Å². The second kappa shape index (κ2) is 7.35. The average Bonchev–Trinajstić information content (AvgIpc) is 3.05. The van der Waals surface area contributed by atoms with Crippen LogP contribution >= 0.6 is 15.9 Å². The number of halogens is 1. The molecule has 0 fully saturated rings. The molecule has 0 spiro atoms. The number of aryl methyl sites for hydroxylation is 1. The molecular formula is C17H16BrN5O. The van der Waals surface area contributed by atoms with E-state index in [-0.39, 0.29) is 5.91 Å². The summed E-state index contributed by atoms with van der Waals surface area (Å²) < 4.78 is 2.82. The summed E-state index contributed by atoms with van der Waals surface area (Å²) in [4.78, 5) is 24.8. The van der Waals surface area contributed by atoms with Crippen molar-refractivity contribution in [3.8, 4) is 5.69 Å². The molecule has 0 bridgehead atoms. The summed E-state index contributed by atoms with van der Waals surface area (Å²) in [5.41, 5.74) is 3.05. The number of nitrogens with zero attached hydrogens (tertiary/aromatic N) is 4. The highest BCUT2D eigenvalue weighted by Gasteiger charge is 2.09. The minimum Gasteiger partial charge on any atom is -0.350 e. The van der Waals surface area contributed by atoms with Crippen LogP contribution < -0.4 is 5.32 Å². The van der Waals surface area contributed by atoms with Gasteiger partial charge in [-0.25, -0.2) is 4.98 Å². The quantitative estimate of drug-likeness (QED) is 0.732. The zero-order chi connectivity index (χ0) is 16.9. The first-order valence-electron chi connectivity index (χ1n) is 7.47. The van der Waals surface area contributed by atoms with Crippen LogP contribution in [0.4, 0.5) is 0 Å². The van der Waals surface area contributed by atoms with Gasteiger partial charge in [0.25, 0.3) is 5.91 Å². The number of rotatable bonds is 5. The van der Waals surface area contributed by atoms with E-state index in [1.165, 1.54) is 0 Å². The van der Waals surface area contributed by atoms with Crippen molar-refractivity contribution in [1.82, 2.24) is 24.8 Å². The Hall–Kier alpha value is -2.54. The molecular weight excluding hydrogens is 370 g/mol. The fraction of sp³-hybridized carbons (Fsp3) is 0.176. The van der Waals surface area contributed by atoms with Gasteiger partial charge in [0.2, 0.25) is 0 Å². The third-order valence-electron chi connectivity index (χ3n) is 3.41. The summed E-state index contributed by atoms with van der Waals surface area (Å²) in [6.45, 7) is 2.38. The van der Waals surface area contributed by atoms with E-state index in [4.69, 9.17) is 0 Å². The van der Waals surface area contributed by atoms with Crippen LogP contribution in [-0.2, 0) is 6.42 Å². The van der Waals surface area contributed by atoms with Gasteiger partial charge in [-0.3, -0.25) is 14.8 Å². The van der Waals surface area contributed by atoms with Crippen molar-refractivity contribution in [3.05, 3.63) is 70.7 Å². The number of nitrogens with one attached hydrogen (secondary N) is 1. The first-order chi connectivity index (χ1) is 11.6. The minimum absolute atomic E-state index is 0.202. The van der Waals surface area contributed by atoms with Crippen LogP contribution in [0.15, 0.2) is 53.7 Å². The lowest BCUT2D eigenvalue weighted by molar-refractivity contribution is 0.0949. The molecule has 1 aromatic carbocycles. The summed E-state index contributed by atoms with van der Waals surface area (Å²) in [5.74, 6) is -0.202. The Morgan fingerprint density at radius 2 is 2.04 bits per heavy atom. The third kappa shape index (κ3) is 4.05. The third-order valence-corrected chi connectivity index (χ3v) is 3.94. The Kier molecular flexibility index (Phi) is 5.00. The monoisotopic (exact) mass is 385 g/mol. The molecule has 3 aromatic rings. The van der Waals surface area contributed by atoms with Crippen LogP contribution in [0.2, 0.25) is 0 Å². The largest absolute Gasteiger partial charge is 0.350 e. The molecule has 6 nitrogen and oxygen atoms in total. The number of aromatic nitrogens is 4. The van der Waals surface area contributed by atoms with E-state index in [0.29, 0.717) is 18.7 Å². The lowest BCUT2D eigenvalue weighted by atomic mass is 10.3. The molecule has 0 atom stereocenters. The number of carbonyl (C=O) groups excluding carboxylic acids is 1. The molecule has 0 aliphatic rings. The van der Waals surface area contributed by atoms with Crippen LogP contribution in [0, 0.1) is 6.92 Å². The normalized spacial score (nSPS) is 10.6. The lowest BCUT2D eigenvalue weighted by Gasteiger charge is -2.03. The Labute approximate surface area is 148 Å². The van der Waals surface area contributed by atoms with Gasteiger partial charge < -0.3 is 9.88 Å². The van der Waals surface area contributed by atoms with Crippen LogP contribution in [0.5, 0.6) is 0 Å². The summed E-state index contributed by atoms with van der Waals surface area (Å²) in [7, 11) is 0. The summed E-state index contributed by atoms with van der Waals surface area (Å²) >= 11 is 3.40. The highest BCUT2D eigenvalue weighted by Crippen LogP contribution is 2.14. The molecule has 2 aromatic heterocycles. The smallest absolute Gasteiger partial charge is 0.271 e. The van der Waals surface area contributed by atoms with Crippen molar-refractivity contribution < 1.29 is 4.79 Å². The van der Waals surface area contributed by atoms with Crippen molar-refractivity contribution in [1.29, 1.82) is 0 Å². The van der Waals surface area contributed by atoms with Crippen LogP contribution in [0.1, 0.15) is 21.9 Å². The highest BCUT2D eigenvalue weighted by atomic mass is 79.9. The van der Waals surface area contributed by atoms with Gasteiger partial charge in [-0.15, -0.1) is 0 Å². The highest BCUT2D eigenvalue weighted by molar-refractivity contribution is 9.10. The van der Waals surface area contributed by atoms with Crippen molar-refractivity contribution >= 4 is 21.8 Å². The zero-order valence-electron chi connectivity index (χ0n) is 13.1. The molecule has 1 N–H and O–H groups in total. The lowest BCUT2D eigenvalue weighted by Crippen LogP contribution is -2.26. The molecule has 1 amide bonds. The Morgan fingerprint density at radius 3 is 2.79 bits per heavy atom. The molecule has 0 radical (unpaired) electrons. The predicted molar refractivity (Wildman–Crippen MR) is 94.1 cm³/mol. The van der Waals surface area contributed by atoms with Gasteiger partial charge in [0.1, 0.15) is 12.0 Å². The van der Waals surface area contributed by atoms with Gasteiger partial charge in [0.05, 0.1) is 11.4 Å². The van der Waals surface area contributed by atoms with Crippen molar-refractivity contribution in [3.63, 3.8) is 0 Å². The van der Waals surface area contributed by atoms with E-state index in [2.05, 4.69) is 36.2 Å². The van der Waals surface area contributed by atoms with E-state index >= 15 is 0 Å². The Morgan fingerprint density at radius 1 is 1.25 bits per heavy atom. The van der Waals surface area contributed by atoms with E-state index in [1.54, 1.807) is 24.9 Å². The standard InChI is InChI=1S/C17H16BrN5O/c1-12-8-19-9-14(22-12)6-7-20-17(24)16-10-23(11-21-16)15-4-2-13(18)3-5-15/h2-5,8-11H,6-7H2,1H3,(H,20,24). The van der Waals surface area contributed by atoms with E-state index in [1.807, 2.05) is 35.8 Å². The maximum Gasteiger partial charge on any atom is 0.271 e. The molecule has 7 heteroatoms. The van der Waals surface area contributed by atoms with Crippen LogP contribution in [0.3, 0.4) is 0 Å². The second-order valence-corrected chi connectivity index (χ2v) is 6.22. The molecule has 3 rings (SSSR count). The molecule has 2 heterocycles. The number of hydrogen-bond acceptors (Lipinski definition) is 4. The van der Waals surface area contributed by atoms with Crippen molar-refractivity contribution in [2.24, 2.45) is 0 Å². The first kappa shape index (κ1) is 16.3. The predicted octanol–water partition coefficient (Wildman–Crippen LogP) is 2.71. The summed E-state index contributed by atoms with van der Waals surface area (Å²) in [6.07, 6.45) is 7.39. The fourth-order valence-electron chi connectivity index (χ4n) is 2.23. The molecule has 0 unspecified atom stereocenters. The van der Waals surface area contributed by atoms with Gasteiger partial charge >= 0.3 is 0 Å². The fourth-order valence-corrected chi connectivity index (χ4v) is 2.49. The minimum atomic E-state index is -0.202. The topological polar surface area (TPSA) is 72.7 Å². The molecule has 0 saturated carbocycles. The van der Waals surface area contributed by atoms with E-state index in [0.717, 1.165) is 21.5 Å². The molecule has 0 aliphatic carbocycles. The van der Waals surface area contributed by atoms with Crippen LogP contribution in [-0.4, -0.2) is 32.0 Å². The summed E-state index contributed by atoms with van der Waals surface area (Å²) in [5, 5.41) is 2.85. The van der Waals surface area contributed by atoms with E-state index < -0.39 is 0 Å². The molecule has 0 saturated heterocycles. The van der Waals surface area contributed by atoms with Gasteiger partial charge in [-0.05, 0) is 31.2 Å². The zero-order valence-corrected chi connectivity index (χ0v) is 14.7. The SMILES string of the molecule is Cc1cncc(CCNC(=O)c2cn(-c3ccc(Br)cc3)cn2)n1. The van der Waals surface area contributed by atoms with Crippen LogP contribution in [0.25, 0.3) is 5.69 Å². The number of hydrogen-bond donors (Lipinski definition) is 1. The first-order valence-corrected chi connectivity index (χ1v) is 8.27. The molecule has 0 aliphatic heterocycles. The Balaban J connectivity index is 1.58. The van der Waals surface area contributed by atoms with E-state index in [9.17, 15) is 4.79 Å². The number of imidazole rings is 1. The Bertz CT molecular complexity index is 844. The summed E-state index contributed by atoms with van der Waals surface area (Å²) in [6, 6.07) is 7.78. The maximum absolute atomic E-state index is 12.2. The van der Waals surface area contributed by atoms with Gasteiger partial charge in [-0.1, -0.05) is 15.9 Å². The number of carbonyl (C=O) groups is 1.